The fourth-order valence-electron chi connectivity index (χ4n) is 3.40. The van der Waals surface area contributed by atoms with Crippen molar-refractivity contribution in [3.8, 4) is 23.0 Å². The van der Waals surface area contributed by atoms with Crippen molar-refractivity contribution in [1.82, 2.24) is 5.43 Å². The maximum absolute atomic E-state index is 12.1. The lowest BCUT2D eigenvalue weighted by molar-refractivity contribution is 0.0952. The van der Waals surface area contributed by atoms with Crippen molar-refractivity contribution < 1.29 is 24.5 Å². The van der Waals surface area contributed by atoms with Gasteiger partial charge in [0.05, 0.1) is 18.9 Å². The minimum absolute atomic E-state index is 0.000264. The van der Waals surface area contributed by atoms with Crippen LogP contribution < -0.4 is 14.9 Å². The first kappa shape index (κ1) is 21.7. The van der Waals surface area contributed by atoms with Crippen LogP contribution in [0.4, 0.5) is 0 Å². The fourth-order valence-corrected chi connectivity index (χ4v) is 3.40. The van der Waals surface area contributed by atoms with Gasteiger partial charge in [-0.05, 0) is 52.2 Å². The van der Waals surface area contributed by atoms with Crippen molar-refractivity contribution in [3.05, 3.63) is 95.6 Å². The maximum Gasteiger partial charge on any atom is 0.275 e. The van der Waals surface area contributed by atoms with Gasteiger partial charge in [-0.1, -0.05) is 42.5 Å². The summed E-state index contributed by atoms with van der Waals surface area (Å²) in [5.41, 5.74) is 4.09. The fraction of sp³-hybridized carbons (Fsp3) is 0.0769. The van der Waals surface area contributed by atoms with E-state index in [1.165, 1.54) is 18.3 Å². The third kappa shape index (κ3) is 5.04. The number of hydrogen-bond acceptors (Lipinski definition) is 6. The van der Waals surface area contributed by atoms with Crippen LogP contribution in [-0.4, -0.2) is 29.4 Å². The van der Waals surface area contributed by atoms with E-state index < -0.39 is 5.91 Å². The normalized spacial score (nSPS) is 10.9. The van der Waals surface area contributed by atoms with Gasteiger partial charge in [-0.3, -0.25) is 4.79 Å². The summed E-state index contributed by atoms with van der Waals surface area (Å²) in [6, 6.07) is 23.2. The van der Waals surface area contributed by atoms with Gasteiger partial charge < -0.3 is 19.7 Å². The van der Waals surface area contributed by atoms with Gasteiger partial charge in [0, 0.05) is 6.07 Å². The number of hydrazone groups is 1. The van der Waals surface area contributed by atoms with Gasteiger partial charge in [0.15, 0.2) is 11.5 Å². The molecule has 4 aromatic carbocycles. The number of carbonyl (C=O) groups excluding carboxylic acids is 1. The number of phenols is 2. The molecule has 0 fully saturated rings. The molecule has 3 N–H and O–H groups in total. The minimum Gasteiger partial charge on any atom is -0.508 e. The standard InChI is InChI=1S/C26H22N2O5/c1-32-25-13-17(15-27-28-26(31)22-11-10-20(29)14-23(22)30)9-12-24(25)33-16-19-7-4-6-18-5-2-3-8-21(18)19/h2-15,29-30H,16H2,1H3,(H,28,31). The number of hydrogen-bond donors (Lipinski definition) is 3. The summed E-state index contributed by atoms with van der Waals surface area (Å²) in [5, 5.41) is 25.3. The Kier molecular flexibility index (Phi) is 6.40. The molecule has 0 saturated heterocycles. The van der Waals surface area contributed by atoms with E-state index in [-0.39, 0.29) is 17.1 Å². The van der Waals surface area contributed by atoms with Crippen molar-refractivity contribution in [2.75, 3.05) is 7.11 Å². The topological polar surface area (TPSA) is 100 Å². The first-order valence-corrected chi connectivity index (χ1v) is 10.2. The number of methoxy groups -OCH3 is 1. The van der Waals surface area contributed by atoms with Crippen molar-refractivity contribution in [2.45, 2.75) is 6.61 Å². The summed E-state index contributed by atoms with van der Waals surface area (Å²) in [7, 11) is 1.55. The number of nitrogens with zero attached hydrogens (tertiary/aromatic N) is 1. The molecular weight excluding hydrogens is 420 g/mol. The Morgan fingerprint density at radius 1 is 0.970 bits per heavy atom. The predicted molar refractivity (Wildman–Crippen MR) is 126 cm³/mol. The van der Waals surface area contributed by atoms with E-state index >= 15 is 0 Å². The summed E-state index contributed by atoms with van der Waals surface area (Å²) in [5.74, 6) is 0.0348. The molecule has 1 amide bonds. The highest BCUT2D eigenvalue weighted by atomic mass is 16.5. The van der Waals surface area contributed by atoms with Gasteiger partial charge in [0.25, 0.3) is 5.91 Å². The first-order chi connectivity index (χ1) is 16.0. The van der Waals surface area contributed by atoms with Crippen molar-refractivity contribution in [1.29, 1.82) is 0 Å². The molecule has 0 saturated carbocycles. The highest BCUT2D eigenvalue weighted by Gasteiger charge is 2.11. The summed E-state index contributed by atoms with van der Waals surface area (Å²) >= 11 is 0. The number of amides is 1. The largest absolute Gasteiger partial charge is 0.508 e. The predicted octanol–water partition coefficient (Wildman–Crippen LogP) is 4.60. The van der Waals surface area contributed by atoms with E-state index in [0.717, 1.165) is 22.4 Å². The molecule has 0 unspecified atom stereocenters. The Morgan fingerprint density at radius 2 is 1.79 bits per heavy atom. The van der Waals surface area contributed by atoms with Gasteiger partial charge in [-0.2, -0.15) is 5.10 Å². The smallest absolute Gasteiger partial charge is 0.275 e. The lowest BCUT2D eigenvalue weighted by atomic mass is 10.1. The van der Waals surface area contributed by atoms with E-state index in [1.807, 2.05) is 24.3 Å². The van der Waals surface area contributed by atoms with Crippen molar-refractivity contribution >= 4 is 22.9 Å². The lowest BCUT2D eigenvalue weighted by Crippen LogP contribution is -2.17. The number of fused-ring (bicyclic) bond motifs is 1. The molecule has 0 atom stereocenters. The maximum atomic E-state index is 12.1. The van der Waals surface area contributed by atoms with Crippen LogP contribution in [0.3, 0.4) is 0 Å². The Hall–Kier alpha value is -4.52. The van der Waals surface area contributed by atoms with Crippen LogP contribution in [0.1, 0.15) is 21.5 Å². The summed E-state index contributed by atoms with van der Waals surface area (Å²) in [6.07, 6.45) is 1.45. The second kappa shape index (κ2) is 9.74. The molecule has 4 aromatic rings. The highest BCUT2D eigenvalue weighted by Crippen LogP contribution is 2.29. The number of aromatic hydroxyl groups is 2. The molecule has 7 nitrogen and oxygen atoms in total. The quantitative estimate of drug-likeness (QED) is 0.287. The molecule has 7 heteroatoms. The number of rotatable bonds is 7. The van der Waals surface area contributed by atoms with Gasteiger partial charge >= 0.3 is 0 Å². The molecular formula is C26H22N2O5. The van der Waals surface area contributed by atoms with Crippen LogP contribution >= 0.6 is 0 Å². The number of phenolic OH excluding ortho intramolecular Hbond substituents is 2. The number of carbonyl (C=O) groups is 1. The third-order valence-corrected chi connectivity index (χ3v) is 5.06. The molecule has 0 bridgehead atoms. The first-order valence-electron chi connectivity index (χ1n) is 10.2. The van der Waals surface area contributed by atoms with Crippen molar-refractivity contribution in [3.63, 3.8) is 0 Å². The monoisotopic (exact) mass is 442 g/mol. The molecule has 0 aliphatic heterocycles. The molecule has 0 aliphatic rings. The third-order valence-electron chi connectivity index (χ3n) is 5.06. The molecule has 4 rings (SSSR count). The van der Waals surface area contributed by atoms with Gasteiger partial charge in [-0.15, -0.1) is 0 Å². The van der Waals surface area contributed by atoms with Crippen LogP contribution in [-0.2, 0) is 6.61 Å². The summed E-state index contributed by atoms with van der Waals surface area (Å²) in [6.45, 7) is 0.386. The molecule has 0 aliphatic carbocycles. The Labute approximate surface area is 190 Å². The summed E-state index contributed by atoms with van der Waals surface area (Å²) in [4.78, 5) is 12.1. The van der Waals surface area contributed by atoms with E-state index in [9.17, 15) is 15.0 Å². The minimum atomic E-state index is -0.606. The Balaban J connectivity index is 1.43. The molecule has 166 valence electrons. The number of nitrogens with one attached hydrogen (secondary N) is 1. The van der Waals surface area contributed by atoms with E-state index in [1.54, 1.807) is 25.3 Å². The van der Waals surface area contributed by atoms with Crippen LogP contribution in [0.15, 0.2) is 84.0 Å². The zero-order valence-electron chi connectivity index (χ0n) is 17.9. The van der Waals surface area contributed by atoms with Crippen molar-refractivity contribution in [2.24, 2.45) is 5.10 Å². The average molecular weight is 442 g/mol. The van der Waals surface area contributed by atoms with Crippen LogP contribution in [0.5, 0.6) is 23.0 Å². The van der Waals surface area contributed by atoms with E-state index in [2.05, 4.69) is 28.7 Å². The zero-order valence-corrected chi connectivity index (χ0v) is 17.9. The molecule has 0 radical (unpaired) electrons. The molecule has 33 heavy (non-hydrogen) atoms. The zero-order chi connectivity index (χ0) is 23.2. The number of benzene rings is 4. The van der Waals surface area contributed by atoms with Gasteiger partial charge in [0.2, 0.25) is 0 Å². The van der Waals surface area contributed by atoms with Gasteiger partial charge in [-0.25, -0.2) is 5.43 Å². The van der Waals surface area contributed by atoms with Gasteiger partial charge in [0.1, 0.15) is 18.1 Å². The Morgan fingerprint density at radius 3 is 2.61 bits per heavy atom. The molecule has 0 heterocycles. The van der Waals surface area contributed by atoms with Crippen LogP contribution in [0.2, 0.25) is 0 Å². The second-order valence-corrected chi connectivity index (χ2v) is 7.24. The molecule has 0 spiro atoms. The second-order valence-electron chi connectivity index (χ2n) is 7.24. The van der Waals surface area contributed by atoms with Crippen LogP contribution in [0.25, 0.3) is 10.8 Å². The highest BCUT2D eigenvalue weighted by molar-refractivity contribution is 5.97. The Bertz CT molecular complexity index is 1330. The van der Waals surface area contributed by atoms with Crippen LogP contribution in [0, 0.1) is 0 Å². The SMILES string of the molecule is COc1cc(C=NNC(=O)c2ccc(O)cc2O)ccc1OCc1cccc2ccccc12. The van der Waals surface area contributed by atoms with E-state index in [4.69, 9.17) is 9.47 Å². The molecule has 0 aromatic heterocycles. The summed E-state index contributed by atoms with van der Waals surface area (Å²) < 4.78 is 11.5. The number of ether oxygens (including phenoxy) is 2. The van der Waals surface area contributed by atoms with E-state index in [0.29, 0.717) is 23.7 Å². The average Bonchev–Trinajstić information content (AvgIpc) is 2.83. The lowest BCUT2D eigenvalue weighted by Gasteiger charge is -2.12.